The number of nitrogen functional groups attached to an aromatic ring is 1. The van der Waals surface area contributed by atoms with E-state index >= 15 is 0 Å². The Morgan fingerprint density at radius 1 is 0.655 bits per heavy atom. The first-order valence-corrected chi connectivity index (χ1v) is 9.06. The van der Waals surface area contributed by atoms with Crippen LogP contribution in [0.15, 0.2) is 84.9 Å². The summed E-state index contributed by atoms with van der Waals surface area (Å²) in [5, 5.41) is 18.6. The van der Waals surface area contributed by atoms with Crippen molar-refractivity contribution in [2.75, 3.05) is 5.73 Å². The van der Waals surface area contributed by atoms with Gasteiger partial charge in [0, 0.05) is 11.1 Å². The second-order valence-electron chi connectivity index (χ2n) is 6.56. The van der Waals surface area contributed by atoms with E-state index < -0.39 is 0 Å². The first-order chi connectivity index (χ1) is 14.2. The minimum absolute atomic E-state index is 0.191. The van der Waals surface area contributed by atoms with Gasteiger partial charge < -0.3 is 5.73 Å². The van der Waals surface area contributed by atoms with E-state index in [9.17, 15) is 5.26 Å². The largest absolute Gasteiger partial charge is 0.383 e. The van der Waals surface area contributed by atoms with Crippen molar-refractivity contribution in [3.63, 3.8) is 0 Å². The minimum Gasteiger partial charge on any atom is -0.383 e. The number of benzene rings is 3. The van der Waals surface area contributed by atoms with Crippen molar-refractivity contribution < 1.29 is 0 Å². The summed E-state index contributed by atoms with van der Waals surface area (Å²) in [4.78, 5) is 4.44. The van der Waals surface area contributed by atoms with Gasteiger partial charge in [0.25, 0.3) is 0 Å². The second kappa shape index (κ2) is 7.68. The molecule has 4 heteroatoms. The van der Waals surface area contributed by atoms with E-state index in [0.29, 0.717) is 22.4 Å². The van der Waals surface area contributed by atoms with E-state index in [4.69, 9.17) is 11.0 Å². The summed E-state index contributed by atoms with van der Waals surface area (Å²) in [7, 11) is 0. The molecule has 0 radical (unpaired) electrons. The van der Waals surface area contributed by atoms with Gasteiger partial charge >= 0.3 is 0 Å². The molecule has 3 aromatic carbocycles. The quantitative estimate of drug-likeness (QED) is 0.521. The standard InChI is InChI=1S/C25H16N4/c26-15-17-6-8-20(9-7-17)22-14-24(29-25(28)23(22)16-27)21-12-10-19(11-13-21)18-4-2-1-3-5-18/h1-14H,(H2,28,29). The number of pyridine rings is 1. The lowest BCUT2D eigenvalue weighted by molar-refractivity contribution is 1.31. The zero-order chi connectivity index (χ0) is 20.2. The van der Waals surface area contributed by atoms with Crippen LogP contribution in [0.1, 0.15) is 11.1 Å². The Morgan fingerprint density at radius 3 is 1.86 bits per heavy atom. The highest BCUT2D eigenvalue weighted by Crippen LogP contribution is 2.32. The number of hydrogen-bond acceptors (Lipinski definition) is 4. The van der Waals surface area contributed by atoms with Crippen LogP contribution in [-0.2, 0) is 0 Å². The van der Waals surface area contributed by atoms with E-state index in [0.717, 1.165) is 22.3 Å². The fourth-order valence-corrected chi connectivity index (χ4v) is 3.25. The van der Waals surface area contributed by atoms with Crippen LogP contribution in [0.3, 0.4) is 0 Å². The molecule has 0 saturated heterocycles. The van der Waals surface area contributed by atoms with Gasteiger partial charge in [-0.15, -0.1) is 0 Å². The smallest absolute Gasteiger partial charge is 0.142 e. The second-order valence-corrected chi connectivity index (χ2v) is 6.56. The molecule has 29 heavy (non-hydrogen) atoms. The highest BCUT2D eigenvalue weighted by Gasteiger charge is 2.13. The van der Waals surface area contributed by atoms with Gasteiger partial charge in [-0.1, -0.05) is 66.7 Å². The van der Waals surface area contributed by atoms with Gasteiger partial charge in [-0.25, -0.2) is 4.98 Å². The molecule has 4 aromatic rings. The molecule has 0 amide bonds. The topological polar surface area (TPSA) is 86.5 Å². The third-order valence-corrected chi connectivity index (χ3v) is 4.77. The van der Waals surface area contributed by atoms with Gasteiger partial charge in [-0.05, 0) is 34.9 Å². The van der Waals surface area contributed by atoms with Crippen LogP contribution in [-0.4, -0.2) is 4.98 Å². The molecule has 0 fully saturated rings. The zero-order valence-electron chi connectivity index (χ0n) is 15.5. The van der Waals surface area contributed by atoms with E-state index in [-0.39, 0.29) is 5.82 Å². The van der Waals surface area contributed by atoms with Crippen molar-refractivity contribution in [3.8, 4) is 45.6 Å². The summed E-state index contributed by atoms with van der Waals surface area (Å²) in [6, 6.07) is 31.4. The molecule has 0 saturated carbocycles. The number of aromatic nitrogens is 1. The molecule has 136 valence electrons. The molecule has 0 spiro atoms. The maximum Gasteiger partial charge on any atom is 0.142 e. The van der Waals surface area contributed by atoms with Crippen molar-refractivity contribution in [2.24, 2.45) is 0 Å². The van der Waals surface area contributed by atoms with Gasteiger partial charge in [-0.3, -0.25) is 0 Å². The molecule has 0 aliphatic heterocycles. The van der Waals surface area contributed by atoms with Crippen molar-refractivity contribution in [2.45, 2.75) is 0 Å². The molecular formula is C25H16N4. The van der Waals surface area contributed by atoms with Crippen LogP contribution in [0.5, 0.6) is 0 Å². The maximum absolute atomic E-state index is 9.56. The Bertz CT molecular complexity index is 1240. The number of nitrogens with zero attached hydrogens (tertiary/aromatic N) is 3. The minimum atomic E-state index is 0.191. The molecule has 4 rings (SSSR count). The van der Waals surface area contributed by atoms with E-state index in [1.807, 2.05) is 60.7 Å². The van der Waals surface area contributed by atoms with Crippen molar-refractivity contribution in [1.82, 2.24) is 4.98 Å². The molecule has 0 aliphatic rings. The average molecular weight is 372 g/mol. The van der Waals surface area contributed by atoms with Gasteiger partial charge in [-0.2, -0.15) is 10.5 Å². The van der Waals surface area contributed by atoms with Gasteiger partial charge in [0.15, 0.2) is 0 Å². The lowest BCUT2D eigenvalue weighted by Gasteiger charge is -2.11. The van der Waals surface area contributed by atoms with Gasteiger partial charge in [0.05, 0.1) is 17.3 Å². The molecule has 0 aliphatic carbocycles. The molecule has 1 heterocycles. The van der Waals surface area contributed by atoms with Crippen LogP contribution < -0.4 is 5.73 Å². The predicted molar refractivity (Wildman–Crippen MR) is 114 cm³/mol. The summed E-state index contributed by atoms with van der Waals surface area (Å²) in [5.41, 5.74) is 12.4. The predicted octanol–water partition coefficient (Wildman–Crippen LogP) is 5.41. The van der Waals surface area contributed by atoms with E-state index in [1.54, 1.807) is 12.1 Å². The van der Waals surface area contributed by atoms with Crippen LogP contribution in [0, 0.1) is 22.7 Å². The van der Waals surface area contributed by atoms with E-state index in [2.05, 4.69) is 29.3 Å². The fourth-order valence-electron chi connectivity index (χ4n) is 3.25. The summed E-state index contributed by atoms with van der Waals surface area (Å²) in [6.07, 6.45) is 0. The number of nitrogens with two attached hydrogens (primary N) is 1. The summed E-state index contributed by atoms with van der Waals surface area (Å²) < 4.78 is 0. The fraction of sp³-hybridized carbons (Fsp3) is 0. The highest BCUT2D eigenvalue weighted by atomic mass is 14.8. The molecule has 1 aromatic heterocycles. The number of rotatable bonds is 3. The SMILES string of the molecule is N#Cc1ccc(-c2cc(-c3ccc(-c4ccccc4)cc3)nc(N)c2C#N)cc1. The molecule has 0 atom stereocenters. The Balaban J connectivity index is 1.78. The Labute approximate surface area is 169 Å². The normalized spacial score (nSPS) is 10.1. The maximum atomic E-state index is 9.56. The Hall–Kier alpha value is -4.41. The highest BCUT2D eigenvalue weighted by molar-refractivity contribution is 5.81. The van der Waals surface area contributed by atoms with E-state index in [1.165, 1.54) is 0 Å². The third kappa shape index (κ3) is 3.56. The molecular weight excluding hydrogens is 356 g/mol. The number of anilines is 1. The Kier molecular flexibility index (Phi) is 4.76. The zero-order valence-corrected chi connectivity index (χ0v) is 15.5. The molecule has 0 unspecified atom stereocenters. The lowest BCUT2D eigenvalue weighted by Crippen LogP contribution is -1.99. The molecule has 4 nitrogen and oxygen atoms in total. The first-order valence-electron chi connectivity index (χ1n) is 9.06. The molecule has 0 bridgehead atoms. The molecule has 2 N–H and O–H groups in total. The average Bonchev–Trinajstić information content (AvgIpc) is 2.79. The van der Waals surface area contributed by atoms with Gasteiger partial charge in [0.2, 0.25) is 0 Å². The number of nitriles is 2. The summed E-state index contributed by atoms with van der Waals surface area (Å²) >= 11 is 0. The third-order valence-electron chi connectivity index (χ3n) is 4.77. The lowest BCUT2D eigenvalue weighted by atomic mass is 9.97. The van der Waals surface area contributed by atoms with Crippen molar-refractivity contribution in [3.05, 3.63) is 96.1 Å². The van der Waals surface area contributed by atoms with Crippen LogP contribution >= 0.6 is 0 Å². The monoisotopic (exact) mass is 372 g/mol. The Morgan fingerprint density at radius 2 is 1.24 bits per heavy atom. The van der Waals surface area contributed by atoms with Crippen LogP contribution in [0.4, 0.5) is 5.82 Å². The van der Waals surface area contributed by atoms with Crippen molar-refractivity contribution in [1.29, 1.82) is 10.5 Å². The summed E-state index contributed by atoms with van der Waals surface area (Å²) in [6.45, 7) is 0. The number of hydrogen-bond donors (Lipinski definition) is 1. The summed E-state index contributed by atoms with van der Waals surface area (Å²) in [5.74, 6) is 0.191. The van der Waals surface area contributed by atoms with Crippen LogP contribution in [0.2, 0.25) is 0 Å². The van der Waals surface area contributed by atoms with Crippen molar-refractivity contribution >= 4 is 5.82 Å². The van der Waals surface area contributed by atoms with Crippen LogP contribution in [0.25, 0.3) is 33.5 Å². The van der Waals surface area contributed by atoms with Gasteiger partial charge in [0.1, 0.15) is 17.5 Å². The first kappa shape index (κ1) is 18.0.